The Morgan fingerprint density at radius 3 is 2.90 bits per heavy atom. The zero-order valence-corrected chi connectivity index (χ0v) is 13.3. The monoisotopic (exact) mass is 290 g/mol. The number of fused-ring (bicyclic) bond motifs is 1. The van der Waals surface area contributed by atoms with Gasteiger partial charge in [-0.25, -0.2) is 0 Å². The molecule has 0 aliphatic carbocycles. The van der Waals surface area contributed by atoms with Crippen molar-refractivity contribution in [2.24, 2.45) is 5.92 Å². The fourth-order valence-corrected chi connectivity index (χ4v) is 4.64. The Morgan fingerprint density at radius 1 is 1.25 bits per heavy atom. The Kier molecular flexibility index (Phi) is 4.90. The van der Waals surface area contributed by atoms with Gasteiger partial charge >= 0.3 is 0 Å². The molecule has 0 bridgehead atoms. The van der Waals surface area contributed by atoms with Gasteiger partial charge in [-0.05, 0) is 49.9 Å². The van der Waals surface area contributed by atoms with Crippen LogP contribution in [0.2, 0.25) is 0 Å². The van der Waals surface area contributed by atoms with Gasteiger partial charge in [-0.2, -0.15) is 11.8 Å². The molecule has 110 valence electrons. The first-order valence-corrected chi connectivity index (χ1v) is 9.03. The predicted octanol–water partition coefficient (Wildman–Crippen LogP) is 3.17. The third-order valence-corrected chi connectivity index (χ3v) is 5.79. The molecule has 2 nitrogen and oxygen atoms in total. The van der Waals surface area contributed by atoms with Gasteiger partial charge in [-0.1, -0.05) is 25.1 Å². The summed E-state index contributed by atoms with van der Waals surface area (Å²) in [5.74, 6) is 2.06. The van der Waals surface area contributed by atoms with Gasteiger partial charge in [-0.3, -0.25) is 0 Å². The number of nitrogens with zero attached hydrogens (tertiary/aromatic N) is 1. The molecule has 1 fully saturated rings. The Labute approximate surface area is 127 Å². The van der Waals surface area contributed by atoms with Gasteiger partial charge < -0.3 is 10.2 Å². The molecule has 1 aromatic rings. The van der Waals surface area contributed by atoms with Gasteiger partial charge in [0.1, 0.15) is 0 Å². The van der Waals surface area contributed by atoms with Crippen LogP contribution in [0.3, 0.4) is 0 Å². The van der Waals surface area contributed by atoms with Gasteiger partial charge in [0, 0.05) is 29.8 Å². The molecule has 20 heavy (non-hydrogen) atoms. The molecule has 1 aromatic carbocycles. The summed E-state index contributed by atoms with van der Waals surface area (Å²) >= 11 is 2.19. The molecule has 0 aromatic heterocycles. The first kappa shape index (κ1) is 14.3. The zero-order valence-electron chi connectivity index (χ0n) is 12.5. The molecule has 0 amide bonds. The first-order valence-electron chi connectivity index (χ1n) is 7.98. The van der Waals surface area contributed by atoms with Gasteiger partial charge in [0.25, 0.3) is 0 Å². The van der Waals surface area contributed by atoms with Crippen LogP contribution >= 0.6 is 11.8 Å². The second-order valence-electron chi connectivity index (χ2n) is 6.20. The van der Waals surface area contributed by atoms with E-state index in [2.05, 4.69) is 53.2 Å². The summed E-state index contributed by atoms with van der Waals surface area (Å²) in [5.41, 5.74) is 3.02. The van der Waals surface area contributed by atoms with Crippen LogP contribution in [0.25, 0.3) is 0 Å². The molecule has 1 N–H and O–H groups in total. The third kappa shape index (κ3) is 3.50. The number of hydrogen-bond acceptors (Lipinski definition) is 3. The molecule has 0 saturated carbocycles. The molecular formula is C17H26N2S. The molecule has 0 radical (unpaired) electrons. The van der Waals surface area contributed by atoms with Crippen molar-refractivity contribution in [1.29, 1.82) is 0 Å². The zero-order chi connectivity index (χ0) is 13.8. The topological polar surface area (TPSA) is 15.3 Å². The summed E-state index contributed by atoms with van der Waals surface area (Å²) in [6.07, 6.45) is 3.93. The van der Waals surface area contributed by atoms with Crippen LogP contribution in [0.5, 0.6) is 0 Å². The Balaban J connectivity index is 1.54. The summed E-state index contributed by atoms with van der Waals surface area (Å²) in [6, 6.07) is 8.97. The molecule has 1 saturated heterocycles. The van der Waals surface area contributed by atoms with Gasteiger partial charge in [0.05, 0.1) is 0 Å². The highest BCUT2D eigenvalue weighted by molar-refractivity contribution is 7.99. The van der Waals surface area contributed by atoms with Gasteiger partial charge in [0.2, 0.25) is 0 Å². The maximum Gasteiger partial charge on any atom is 0.0399 e. The van der Waals surface area contributed by atoms with E-state index in [4.69, 9.17) is 0 Å². The number of rotatable bonds is 4. The molecule has 2 aliphatic heterocycles. The van der Waals surface area contributed by atoms with E-state index in [0.29, 0.717) is 0 Å². The van der Waals surface area contributed by atoms with Crippen molar-refractivity contribution in [2.45, 2.75) is 31.4 Å². The lowest BCUT2D eigenvalue weighted by Gasteiger charge is -2.35. The lowest BCUT2D eigenvalue weighted by Crippen LogP contribution is -2.36. The highest BCUT2D eigenvalue weighted by atomic mass is 32.2. The maximum atomic E-state index is 3.45. The normalized spacial score (nSPS) is 23.6. The predicted molar refractivity (Wildman–Crippen MR) is 89.9 cm³/mol. The number of anilines is 1. The fraction of sp³-hybridized carbons (Fsp3) is 0.647. The summed E-state index contributed by atoms with van der Waals surface area (Å²) in [6.45, 7) is 7.23. The number of piperidine rings is 1. The molecular weight excluding hydrogens is 264 g/mol. The maximum absolute atomic E-state index is 3.45. The molecule has 2 aliphatic rings. The SMILES string of the molecule is CC1Cc2ccccc2N(CCSC2CCNCC2)C1. The van der Waals surface area contributed by atoms with E-state index < -0.39 is 0 Å². The summed E-state index contributed by atoms with van der Waals surface area (Å²) in [4.78, 5) is 2.61. The van der Waals surface area contributed by atoms with Crippen molar-refractivity contribution in [1.82, 2.24) is 5.32 Å². The van der Waals surface area contributed by atoms with E-state index in [1.54, 1.807) is 0 Å². The second kappa shape index (κ2) is 6.86. The smallest absolute Gasteiger partial charge is 0.0399 e. The lowest BCUT2D eigenvalue weighted by atomic mass is 9.94. The molecule has 3 rings (SSSR count). The van der Waals surface area contributed by atoms with Crippen molar-refractivity contribution in [3.63, 3.8) is 0 Å². The van der Waals surface area contributed by atoms with Crippen LogP contribution < -0.4 is 10.2 Å². The number of benzene rings is 1. The largest absolute Gasteiger partial charge is 0.370 e. The van der Waals surface area contributed by atoms with Crippen molar-refractivity contribution < 1.29 is 0 Å². The van der Waals surface area contributed by atoms with Crippen LogP contribution in [0, 0.1) is 5.92 Å². The minimum atomic E-state index is 0.786. The van der Waals surface area contributed by atoms with Crippen molar-refractivity contribution >= 4 is 17.4 Å². The van der Waals surface area contributed by atoms with E-state index in [1.165, 1.54) is 62.4 Å². The Hall–Kier alpha value is -0.670. The second-order valence-corrected chi connectivity index (χ2v) is 7.61. The summed E-state index contributed by atoms with van der Waals surface area (Å²) < 4.78 is 0. The summed E-state index contributed by atoms with van der Waals surface area (Å²) in [7, 11) is 0. The third-order valence-electron chi connectivity index (χ3n) is 4.43. The van der Waals surface area contributed by atoms with Crippen molar-refractivity contribution in [3.8, 4) is 0 Å². The van der Waals surface area contributed by atoms with Crippen LogP contribution in [0.15, 0.2) is 24.3 Å². The Bertz CT molecular complexity index is 429. The highest BCUT2D eigenvalue weighted by Gasteiger charge is 2.21. The minimum absolute atomic E-state index is 0.786. The number of thioether (sulfide) groups is 1. The quantitative estimate of drug-likeness (QED) is 0.917. The summed E-state index contributed by atoms with van der Waals surface area (Å²) in [5, 5.41) is 4.33. The minimum Gasteiger partial charge on any atom is -0.370 e. The Morgan fingerprint density at radius 2 is 2.05 bits per heavy atom. The van der Waals surface area contributed by atoms with E-state index in [0.717, 1.165) is 11.2 Å². The standard InChI is InChI=1S/C17H26N2S/c1-14-12-15-4-2-3-5-17(15)19(13-14)10-11-20-16-6-8-18-9-7-16/h2-5,14,16,18H,6-13H2,1H3. The average Bonchev–Trinajstić information content (AvgIpc) is 2.48. The average molecular weight is 290 g/mol. The molecule has 2 heterocycles. The van der Waals surface area contributed by atoms with Crippen LogP contribution in [-0.4, -0.2) is 37.2 Å². The van der Waals surface area contributed by atoms with Crippen LogP contribution in [0.4, 0.5) is 5.69 Å². The van der Waals surface area contributed by atoms with Gasteiger partial charge in [0.15, 0.2) is 0 Å². The van der Waals surface area contributed by atoms with Crippen LogP contribution in [-0.2, 0) is 6.42 Å². The van der Waals surface area contributed by atoms with E-state index in [9.17, 15) is 0 Å². The molecule has 3 heteroatoms. The van der Waals surface area contributed by atoms with E-state index in [1.807, 2.05) is 0 Å². The van der Waals surface area contributed by atoms with Crippen molar-refractivity contribution in [3.05, 3.63) is 29.8 Å². The van der Waals surface area contributed by atoms with Crippen molar-refractivity contribution in [2.75, 3.05) is 36.8 Å². The van der Waals surface area contributed by atoms with E-state index >= 15 is 0 Å². The fourth-order valence-electron chi connectivity index (χ4n) is 3.41. The molecule has 1 unspecified atom stereocenters. The number of hydrogen-bond donors (Lipinski definition) is 1. The highest BCUT2D eigenvalue weighted by Crippen LogP contribution is 2.30. The number of para-hydroxylation sites is 1. The molecule has 1 atom stereocenters. The lowest BCUT2D eigenvalue weighted by molar-refractivity contribution is 0.529. The number of nitrogens with one attached hydrogen (secondary N) is 1. The van der Waals surface area contributed by atoms with E-state index in [-0.39, 0.29) is 0 Å². The first-order chi connectivity index (χ1) is 9.83. The van der Waals surface area contributed by atoms with Gasteiger partial charge in [-0.15, -0.1) is 0 Å². The molecule has 0 spiro atoms. The van der Waals surface area contributed by atoms with Crippen LogP contribution in [0.1, 0.15) is 25.3 Å².